The first kappa shape index (κ1) is 35.3. The van der Waals surface area contributed by atoms with E-state index < -0.39 is 22.2 Å². The van der Waals surface area contributed by atoms with E-state index in [9.17, 15) is 23.7 Å². The summed E-state index contributed by atoms with van der Waals surface area (Å²) < 4.78 is 29.1. The van der Waals surface area contributed by atoms with Crippen LogP contribution in [0.3, 0.4) is 0 Å². The molecule has 1 saturated heterocycles. The monoisotopic (exact) mass is 696 g/mol. The van der Waals surface area contributed by atoms with Gasteiger partial charge in [-0.25, -0.2) is 8.42 Å². The summed E-state index contributed by atoms with van der Waals surface area (Å²) in [5.41, 5.74) is 14.7. The van der Waals surface area contributed by atoms with Crippen LogP contribution in [-0.2, 0) is 16.6 Å². The third kappa shape index (κ3) is 7.80. The molecule has 2 heterocycles. The highest BCUT2D eigenvalue weighted by molar-refractivity contribution is 7.92. The zero-order valence-corrected chi connectivity index (χ0v) is 28.1. The summed E-state index contributed by atoms with van der Waals surface area (Å²) >= 11 is 0. The fraction of sp³-hybridized carbons (Fsp3) is 0.364. The first-order valence-electron chi connectivity index (χ1n) is 15.6. The normalized spacial score (nSPS) is 22.6. The minimum absolute atomic E-state index is 0. The number of nitrogens with two attached hydrogens (primary N) is 2. The van der Waals surface area contributed by atoms with E-state index in [1.54, 1.807) is 30.3 Å². The second-order valence-electron chi connectivity index (χ2n) is 12.4. The molecule has 0 amide bonds. The van der Waals surface area contributed by atoms with Crippen molar-refractivity contribution < 1.29 is 23.7 Å². The van der Waals surface area contributed by atoms with E-state index in [1.807, 2.05) is 42.2 Å². The summed E-state index contributed by atoms with van der Waals surface area (Å²) in [7, 11) is -4.06. The van der Waals surface area contributed by atoms with E-state index in [0.717, 1.165) is 11.1 Å². The van der Waals surface area contributed by atoms with Crippen molar-refractivity contribution in [3.05, 3.63) is 89.7 Å². The van der Waals surface area contributed by atoms with Gasteiger partial charge in [-0.05, 0) is 56.0 Å². The number of phenols is 1. The number of nitrogens with zero attached hydrogens (tertiary/aromatic N) is 5. The van der Waals surface area contributed by atoms with Gasteiger partial charge in [-0.2, -0.15) is 15.0 Å². The van der Waals surface area contributed by atoms with Crippen LogP contribution in [-0.4, -0.2) is 76.1 Å². The lowest BCUT2D eigenvalue weighted by molar-refractivity contribution is 0.0438. The summed E-state index contributed by atoms with van der Waals surface area (Å²) in [6.07, 6.45) is -0.495. The molecule has 0 radical (unpaired) electrons. The second kappa shape index (κ2) is 14.6. The minimum Gasteiger partial charge on any atom is -0.506 e. The van der Waals surface area contributed by atoms with Crippen LogP contribution in [0.5, 0.6) is 5.75 Å². The predicted molar refractivity (Wildman–Crippen MR) is 186 cm³/mol. The van der Waals surface area contributed by atoms with E-state index in [-0.39, 0.29) is 59.2 Å². The molecule has 256 valence electrons. The fourth-order valence-electron chi connectivity index (χ4n) is 6.13. The lowest BCUT2D eigenvalue weighted by Gasteiger charge is -2.34. The number of sulfonamides is 1. The van der Waals surface area contributed by atoms with E-state index >= 15 is 0 Å². The molecule has 6 rings (SSSR count). The quantitative estimate of drug-likeness (QED) is 0.150. The largest absolute Gasteiger partial charge is 0.506 e. The van der Waals surface area contributed by atoms with Crippen molar-refractivity contribution in [3.8, 4) is 5.75 Å². The summed E-state index contributed by atoms with van der Waals surface area (Å²) in [6, 6.07) is 20.0. The van der Waals surface area contributed by atoms with Crippen molar-refractivity contribution >= 4 is 45.7 Å². The molecule has 15 heteroatoms. The molecule has 13 nitrogen and oxygen atoms in total. The molecule has 2 aliphatic rings. The Bertz CT molecular complexity index is 1800. The van der Waals surface area contributed by atoms with Crippen molar-refractivity contribution in [1.29, 1.82) is 0 Å². The maximum Gasteiger partial charge on any atom is 0.264 e. The Morgan fingerprint density at radius 2 is 1.54 bits per heavy atom. The molecule has 5 atom stereocenters. The smallest absolute Gasteiger partial charge is 0.264 e. The fourth-order valence-corrected chi connectivity index (χ4v) is 7.60. The molecule has 4 aromatic rings. The molecule has 1 unspecified atom stereocenters. The SMILES string of the molecule is Cc1ccc(S(=O)(=O)N(Cc2ccccc2)c2ccc(Nc3nc(C4C[C@@H](O)[C@@H](O)C4)nc(N4C[C@H](N)C[C@H](N)C4)n3)cc2O)cc1.Cl. The van der Waals surface area contributed by atoms with Gasteiger partial charge < -0.3 is 37.0 Å². The van der Waals surface area contributed by atoms with Gasteiger partial charge in [0.2, 0.25) is 11.9 Å². The number of aliphatic hydroxyl groups is 2. The van der Waals surface area contributed by atoms with Crippen LogP contribution in [0, 0.1) is 6.92 Å². The Morgan fingerprint density at radius 3 is 2.17 bits per heavy atom. The zero-order chi connectivity index (χ0) is 33.3. The number of hydrogen-bond donors (Lipinski definition) is 6. The van der Waals surface area contributed by atoms with Gasteiger partial charge >= 0.3 is 0 Å². The van der Waals surface area contributed by atoms with Crippen molar-refractivity contribution in [2.24, 2.45) is 11.5 Å². The van der Waals surface area contributed by atoms with Gasteiger partial charge in [0.25, 0.3) is 10.0 Å². The van der Waals surface area contributed by atoms with Crippen molar-refractivity contribution in [3.63, 3.8) is 0 Å². The van der Waals surface area contributed by atoms with Crippen molar-refractivity contribution in [1.82, 2.24) is 15.0 Å². The molecule has 48 heavy (non-hydrogen) atoms. The molecule has 3 aromatic carbocycles. The molecule has 0 bridgehead atoms. The number of rotatable bonds is 9. The van der Waals surface area contributed by atoms with Crippen molar-refractivity contribution in [2.45, 2.75) is 67.8 Å². The average molecular weight is 697 g/mol. The number of benzene rings is 3. The molecule has 2 fully saturated rings. The maximum atomic E-state index is 13.9. The lowest BCUT2D eigenvalue weighted by atomic mass is 10.0. The summed E-state index contributed by atoms with van der Waals surface area (Å²) in [5, 5.41) is 34.8. The minimum atomic E-state index is -4.06. The van der Waals surface area contributed by atoms with Gasteiger partial charge in [0, 0.05) is 42.8 Å². The van der Waals surface area contributed by atoms with Crippen LogP contribution < -0.4 is 26.0 Å². The van der Waals surface area contributed by atoms with Gasteiger partial charge in [-0.1, -0.05) is 48.0 Å². The molecular weight excluding hydrogens is 656 g/mol. The van der Waals surface area contributed by atoms with Crippen LogP contribution >= 0.6 is 12.4 Å². The molecule has 1 aliphatic carbocycles. The van der Waals surface area contributed by atoms with E-state index in [1.165, 1.54) is 16.4 Å². The number of piperidine rings is 1. The molecule has 8 N–H and O–H groups in total. The highest BCUT2D eigenvalue weighted by atomic mass is 35.5. The Morgan fingerprint density at radius 1 is 0.896 bits per heavy atom. The van der Waals surface area contributed by atoms with Crippen LogP contribution in [0.15, 0.2) is 77.7 Å². The second-order valence-corrected chi connectivity index (χ2v) is 14.3. The van der Waals surface area contributed by atoms with E-state index in [2.05, 4.69) is 20.3 Å². The Labute approximate surface area is 286 Å². The first-order valence-corrected chi connectivity index (χ1v) is 17.0. The van der Waals surface area contributed by atoms with Crippen molar-refractivity contribution in [2.75, 3.05) is 27.6 Å². The third-order valence-corrected chi connectivity index (χ3v) is 10.4. The Kier molecular flexibility index (Phi) is 10.7. The number of nitrogens with one attached hydrogen (secondary N) is 1. The first-order chi connectivity index (χ1) is 22.5. The topological polar surface area (TPSA) is 204 Å². The number of aromatic hydroxyl groups is 1. The lowest BCUT2D eigenvalue weighted by Crippen LogP contribution is -2.53. The molecular formula is C33H41ClN8O5S. The van der Waals surface area contributed by atoms with Gasteiger partial charge in [-0.3, -0.25) is 4.31 Å². The third-order valence-electron chi connectivity index (χ3n) is 8.58. The number of halogens is 1. The molecule has 0 spiro atoms. The highest BCUT2D eigenvalue weighted by Crippen LogP contribution is 2.37. The molecule has 1 aromatic heterocycles. The average Bonchev–Trinajstić information content (AvgIpc) is 3.38. The van der Waals surface area contributed by atoms with Crippen LogP contribution in [0.1, 0.15) is 42.1 Å². The Hall–Kier alpha value is -4.05. The maximum absolute atomic E-state index is 13.9. The Balaban J connectivity index is 0.00000451. The summed E-state index contributed by atoms with van der Waals surface area (Å²) in [6.45, 7) is 2.87. The highest BCUT2D eigenvalue weighted by Gasteiger charge is 2.35. The van der Waals surface area contributed by atoms with Gasteiger partial charge in [0.1, 0.15) is 11.6 Å². The van der Waals surface area contributed by atoms with E-state index in [0.29, 0.717) is 49.8 Å². The van der Waals surface area contributed by atoms with E-state index in [4.69, 9.17) is 11.5 Å². The predicted octanol–water partition coefficient (Wildman–Crippen LogP) is 2.91. The number of anilines is 4. The summed E-state index contributed by atoms with van der Waals surface area (Å²) in [4.78, 5) is 15.9. The van der Waals surface area contributed by atoms with Crippen LogP contribution in [0.2, 0.25) is 0 Å². The summed E-state index contributed by atoms with van der Waals surface area (Å²) in [5.74, 6) is 0.363. The number of hydrogen-bond acceptors (Lipinski definition) is 12. The standard InChI is InChI=1S/C33H40N8O5S.ClH/c1-20-7-10-26(11-8-20)47(45,46)41(17-21-5-3-2-4-6-21)27-12-9-25(16-28(27)42)36-32-37-31(22-13-29(43)30(44)14-22)38-33(39-32)40-18-23(34)15-24(35)19-40;/h2-12,16,22-24,29-30,42-44H,13-15,17-19,34-35H2,1H3,(H,36,37,38,39);1H/t22?,23-,24+,29-,30+;. The van der Waals surface area contributed by atoms with Crippen LogP contribution in [0.4, 0.5) is 23.3 Å². The number of phenolic OH excluding ortho intramolecular Hbond substituents is 1. The number of aromatic nitrogens is 3. The number of aliphatic hydroxyl groups excluding tert-OH is 2. The zero-order valence-electron chi connectivity index (χ0n) is 26.4. The molecule has 1 saturated carbocycles. The van der Waals surface area contributed by atoms with Gasteiger partial charge in [0.05, 0.1) is 29.3 Å². The molecule has 1 aliphatic heterocycles. The van der Waals surface area contributed by atoms with Gasteiger partial charge in [0.15, 0.2) is 0 Å². The van der Waals surface area contributed by atoms with Crippen LogP contribution in [0.25, 0.3) is 0 Å². The van der Waals surface area contributed by atoms with Gasteiger partial charge in [-0.15, -0.1) is 12.4 Å². The number of aryl methyl sites for hydroxylation is 1.